The highest BCUT2D eigenvalue weighted by Gasteiger charge is 2.28. The summed E-state index contributed by atoms with van der Waals surface area (Å²) in [5, 5.41) is 12.2. The molecule has 2 heterocycles. The highest BCUT2D eigenvalue weighted by Crippen LogP contribution is 2.43. The summed E-state index contributed by atoms with van der Waals surface area (Å²) in [5.74, 6) is 1.46. The fraction of sp³-hybridized carbons (Fsp3) is 0.286. The number of hydrogen-bond acceptors (Lipinski definition) is 4. The Kier molecular flexibility index (Phi) is 2.97. The molecule has 0 bridgehead atoms. The van der Waals surface area contributed by atoms with Crippen LogP contribution in [0.15, 0.2) is 35.7 Å². The zero-order valence-electron chi connectivity index (χ0n) is 10.00. The van der Waals surface area contributed by atoms with Crippen LogP contribution in [0.5, 0.6) is 11.5 Å². The van der Waals surface area contributed by atoms with E-state index in [9.17, 15) is 5.11 Å². The molecule has 0 amide bonds. The van der Waals surface area contributed by atoms with E-state index in [2.05, 4.69) is 0 Å². The summed E-state index contributed by atoms with van der Waals surface area (Å²) >= 11 is 1.65. The monoisotopic (exact) mass is 262 g/mol. The van der Waals surface area contributed by atoms with Crippen molar-refractivity contribution < 1.29 is 14.6 Å². The van der Waals surface area contributed by atoms with Crippen molar-refractivity contribution in [1.29, 1.82) is 0 Å². The third-order valence-corrected chi connectivity index (χ3v) is 4.11. The first-order valence-electron chi connectivity index (χ1n) is 5.84. The lowest BCUT2D eigenvalue weighted by molar-refractivity contribution is 0.0672. The van der Waals surface area contributed by atoms with Crippen LogP contribution >= 0.6 is 11.3 Å². The number of thiophene rings is 1. The van der Waals surface area contributed by atoms with Gasteiger partial charge in [0.2, 0.25) is 0 Å². The van der Waals surface area contributed by atoms with E-state index in [1.807, 2.05) is 35.7 Å². The van der Waals surface area contributed by atoms with Gasteiger partial charge in [-0.3, -0.25) is 0 Å². The molecular weight excluding hydrogens is 248 g/mol. The van der Waals surface area contributed by atoms with E-state index < -0.39 is 6.10 Å². The van der Waals surface area contributed by atoms with Crippen molar-refractivity contribution in [2.45, 2.75) is 18.6 Å². The topological polar surface area (TPSA) is 38.7 Å². The van der Waals surface area contributed by atoms with Crippen LogP contribution < -0.4 is 9.47 Å². The van der Waals surface area contributed by atoms with Gasteiger partial charge in [0.25, 0.3) is 0 Å². The number of methoxy groups -OCH3 is 1. The van der Waals surface area contributed by atoms with E-state index in [0.717, 1.165) is 16.2 Å². The van der Waals surface area contributed by atoms with E-state index in [-0.39, 0.29) is 6.10 Å². The zero-order chi connectivity index (χ0) is 12.5. The van der Waals surface area contributed by atoms with E-state index in [0.29, 0.717) is 12.2 Å². The van der Waals surface area contributed by atoms with Gasteiger partial charge in [-0.15, -0.1) is 11.3 Å². The van der Waals surface area contributed by atoms with Gasteiger partial charge in [0.15, 0.2) is 0 Å². The molecule has 1 aliphatic heterocycles. The number of rotatable bonds is 2. The summed E-state index contributed by atoms with van der Waals surface area (Å²) in [6.07, 6.45) is 0.0474. The predicted octanol–water partition coefficient (Wildman–Crippen LogP) is 3.31. The van der Waals surface area contributed by atoms with E-state index in [1.165, 1.54) is 0 Å². The van der Waals surface area contributed by atoms with Crippen molar-refractivity contribution in [2.24, 2.45) is 0 Å². The number of aliphatic hydroxyl groups excluding tert-OH is 1. The van der Waals surface area contributed by atoms with Crippen LogP contribution in [0.4, 0.5) is 0 Å². The van der Waals surface area contributed by atoms with Crippen molar-refractivity contribution in [1.82, 2.24) is 0 Å². The molecule has 1 unspecified atom stereocenters. The van der Waals surface area contributed by atoms with E-state index >= 15 is 0 Å². The number of fused-ring (bicyclic) bond motifs is 1. The third-order valence-electron chi connectivity index (χ3n) is 3.15. The third kappa shape index (κ3) is 1.98. The molecule has 94 valence electrons. The Morgan fingerprint density at radius 2 is 2.28 bits per heavy atom. The second-order valence-corrected chi connectivity index (χ2v) is 5.26. The molecule has 0 saturated carbocycles. The van der Waals surface area contributed by atoms with Gasteiger partial charge in [0.1, 0.15) is 17.6 Å². The van der Waals surface area contributed by atoms with Crippen molar-refractivity contribution in [3.05, 3.63) is 46.2 Å². The standard InChI is InChI=1S/C14H14O3S/c1-16-9-4-5-10-11(15)8-13(17-12(10)7-9)14-3-2-6-18-14/h2-7,11,13,15H,8H2,1H3/t11-,13?/m1/s1. The van der Waals surface area contributed by atoms with Gasteiger partial charge in [-0.05, 0) is 23.6 Å². The van der Waals surface area contributed by atoms with Crippen molar-refractivity contribution in [2.75, 3.05) is 7.11 Å². The second-order valence-electron chi connectivity index (χ2n) is 4.28. The molecule has 2 atom stereocenters. The first-order valence-corrected chi connectivity index (χ1v) is 6.72. The fourth-order valence-corrected chi connectivity index (χ4v) is 2.97. The average molecular weight is 262 g/mol. The van der Waals surface area contributed by atoms with E-state index in [1.54, 1.807) is 18.4 Å². The zero-order valence-corrected chi connectivity index (χ0v) is 10.8. The number of aliphatic hydroxyl groups is 1. The Bertz CT molecular complexity index is 536. The smallest absolute Gasteiger partial charge is 0.136 e. The SMILES string of the molecule is COc1ccc2c(c1)OC(c1cccs1)C[C@H]2O. The van der Waals surface area contributed by atoms with Crippen molar-refractivity contribution in [3.8, 4) is 11.5 Å². The molecule has 0 radical (unpaired) electrons. The summed E-state index contributed by atoms with van der Waals surface area (Å²) in [4.78, 5) is 1.14. The summed E-state index contributed by atoms with van der Waals surface area (Å²) in [5.41, 5.74) is 0.837. The molecular formula is C14H14O3S. The maximum Gasteiger partial charge on any atom is 0.136 e. The van der Waals surface area contributed by atoms with Crippen LogP contribution in [0.2, 0.25) is 0 Å². The number of benzene rings is 1. The summed E-state index contributed by atoms with van der Waals surface area (Å²) < 4.78 is 11.1. The first-order chi connectivity index (χ1) is 8.78. The van der Waals surface area contributed by atoms with Crippen LogP contribution in [-0.2, 0) is 0 Å². The Morgan fingerprint density at radius 3 is 3.00 bits per heavy atom. The lowest BCUT2D eigenvalue weighted by Gasteiger charge is -2.29. The molecule has 1 aromatic carbocycles. The molecule has 3 nitrogen and oxygen atoms in total. The van der Waals surface area contributed by atoms with Crippen molar-refractivity contribution in [3.63, 3.8) is 0 Å². The minimum absolute atomic E-state index is 0.0698. The second kappa shape index (κ2) is 4.63. The first kappa shape index (κ1) is 11.6. The number of hydrogen-bond donors (Lipinski definition) is 1. The van der Waals surface area contributed by atoms with Gasteiger partial charge in [0, 0.05) is 22.9 Å². The number of ether oxygens (including phenoxy) is 2. The maximum absolute atomic E-state index is 10.2. The minimum Gasteiger partial charge on any atom is -0.497 e. The molecule has 0 fully saturated rings. The molecule has 4 heteroatoms. The summed E-state index contributed by atoms with van der Waals surface area (Å²) in [6, 6.07) is 9.57. The van der Waals surface area contributed by atoms with Gasteiger partial charge < -0.3 is 14.6 Å². The van der Waals surface area contributed by atoms with E-state index in [4.69, 9.17) is 9.47 Å². The Balaban J connectivity index is 1.95. The van der Waals surface area contributed by atoms with Gasteiger partial charge in [-0.2, -0.15) is 0 Å². The lowest BCUT2D eigenvalue weighted by Crippen LogP contribution is -2.18. The molecule has 0 aliphatic carbocycles. The maximum atomic E-state index is 10.2. The summed E-state index contributed by atoms with van der Waals surface area (Å²) in [7, 11) is 1.62. The Hall–Kier alpha value is -1.52. The fourth-order valence-electron chi connectivity index (χ4n) is 2.20. The Morgan fingerprint density at radius 1 is 1.39 bits per heavy atom. The molecule has 2 aromatic rings. The molecule has 18 heavy (non-hydrogen) atoms. The molecule has 1 N–H and O–H groups in total. The molecule has 0 saturated heterocycles. The summed E-state index contributed by atoms with van der Waals surface area (Å²) in [6.45, 7) is 0. The minimum atomic E-state index is -0.480. The highest BCUT2D eigenvalue weighted by atomic mass is 32.1. The van der Waals surface area contributed by atoms with Gasteiger partial charge in [-0.25, -0.2) is 0 Å². The van der Waals surface area contributed by atoms with Gasteiger partial charge >= 0.3 is 0 Å². The molecule has 1 aliphatic rings. The molecule has 3 rings (SSSR count). The quantitative estimate of drug-likeness (QED) is 0.902. The average Bonchev–Trinajstić information content (AvgIpc) is 2.91. The Labute approximate surface area is 110 Å². The highest BCUT2D eigenvalue weighted by molar-refractivity contribution is 7.10. The molecule has 1 aromatic heterocycles. The molecule has 0 spiro atoms. The predicted molar refractivity (Wildman–Crippen MR) is 70.3 cm³/mol. The van der Waals surface area contributed by atoms with Crippen molar-refractivity contribution >= 4 is 11.3 Å². The van der Waals surface area contributed by atoms with Crippen LogP contribution in [0.3, 0.4) is 0 Å². The van der Waals surface area contributed by atoms with Gasteiger partial charge in [0.05, 0.1) is 13.2 Å². The van der Waals surface area contributed by atoms with Crippen LogP contribution in [0.1, 0.15) is 29.1 Å². The van der Waals surface area contributed by atoms with Crippen LogP contribution in [0, 0.1) is 0 Å². The lowest BCUT2D eigenvalue weighted by atomic mass is 9.98. The van der Waals surface area contributed by atoms with Gasteiger partial charge in [-0.1, -0.05) is 6.07 Å². The van der Waals surface area contributed by atoms with Crippen LogP contribution in [-0.4, -0.2) is 12.2 Å². The largest absolute Gasteiger partial charge is 0.497 e. The van der Waals surface area contributed by atoms with Crippen LogP contribution in [0.25, 0.3) is 0 Å². The normalized spacial score (nSPS) is 22.1.